The lowest BCUT2D eigenvalue weighted by Crippen LogP contribution is -2.25. The molecule has 2 aromatic carbocycles. The van der Waals surface area contributed by atoms with Gasteiger partial charge in [0.2, 0.25) is 9.84 Å². The number of halogens is 1. The van der Waals surface area contributed by atoms with Gasteiger partial charge in [0.1, 0.15) is 10.8 Å². The summed E-state index contributed by atoms with van der Waals surface area (Å²) in [5, 5.41) is 3.64. The Bertz CT molecular complexity index is 1450. The number of anilines is 1. The lowest BCUT2D eigenvalue weighted by molar-refractivity contribution is 0.225. The molecule has 0 radical (unpaired) electrons. The first-order chi connectivity index (χ1) is 17.3. The lowest BCUT2D eigenvalue weighted by atomic mass is 10.1. The van der Waals surface area contributed by atoms with Crippen LogP contribution >= 0.6 is 12.4 Å². The summed E-state index contributed by atoms with van der Waals surface area (Å²) >= 11 is 0. The minimum absolute atomic E-state index is 0. The number of nitrogens with zero attached hydrogens (tertiary/aromatic N) is 1. The van der Waals surface area contributed by atoms with Crippen LogP contribution in [0.2, 0.25) is 0 Å². The lowest BCUT2D eigenvalue weighted by Gasteiger charge is -2.21. The van der Waals surface area contributed by atoms with Crippen LogP contribution in [-0.4, -0.2) is 33.3 Å². The fourth-order valence-electron chi connectivity index (χ4n) is 4.12. The summed E-state index contributed by atoms with van der Waals surface area (Å²) in [5.41, 5.74) is 2.47. The molecule has 0 bridgehead atoms. The van der Waals surface area contributed by atoms with Crippen LogP contribution in [0.5, 0.6) is 17.2 Å². The van der Waals surface area contributed by atoms with E-state index in [0.29, 0.717) is 28.7 Å². The number of benzene rings is 2. The molecule has 0 amide bonds. The van der Waals surface area contributed by atoms with E-state index in [2.05, 4.69) is 5.32 Å². The van der Waals surface area contributed by atoms with Gasteiger partial charge < -0.3 is 23.9 Å². The van der Waals surface area contributed by atoms with Crippen LogP contribution in [0, 0.1) is 0 Å². The maximum Gasteiger partial charge on any atom is 0.222 e. The van der Waals surface area contributed by atoms with E-state index >= 15 is 0 Å². The molecule has 0 saturated carbocycles. The molecule has 4 aromatic rings. The molecule has 1 atom stereocenters. The molecule has 1 N–H and O–H groups in total. The molecule has 0 aliphatic heterocycles. The van der Waals surface area contributed by atoms with Crippen LogP contribution < -0.4 is 19.5 Å². The van der Waals surface area contributed by atoms with Crippen molar-refractivity contribution in [2.24, 2.45) is 0 Å². The van der Waals surface area contributed by atoms with E-state index in [0.717, 1.165) is 16.8 Å². The molecule has 1 unspecified atom stereocenters. The van der Waals surface area contributed by atoms with Gasteiger partial charge in [0.05, 0.1) is 19.1 Å². The Kier molecular flexibility index (Phi) is 8.99. The van der Waals surface area contributed by atoms with E-state index in [1.54, 1.807) is 49.1 Å². The van der Waals surface area contributed by atoms with Crippen molar-refractivity contribution in [2.45, 2.75) is 49.3 Å². The Labute approximate surface area is 224 Å². The summed E-state index contributed by atoms with van der Waals surface area (Å²) in [6.07, 6.45) is 2.15. The highest BCUT2D eigenvalue weighted by Crippen LogP contribution is 2.33. The van der Waals surface area contributed by atoms with Gasteiger partial charge in [-0.05, 0) is 66.1 Å². The molecule has 0 fully saturated rings. The molecule has 2 aromatic heterocycles. The van der Waals surface area contributed by atoms with Gasteiger partial charge in [-0.15, -0.1) is 12.4 Å². The Morgan fingerprint density at radius 2 is 1.62 bits per heavy atom. The standard InChI is InChI=1S/C28H32N2O5S.ClH/c1-6-27(29-20-10-15-25(33-4)26(17-20)34-5)35-22-11-13-23(14-12-22)36(31,32)28-24(19(2)3)18-21-9-7-8-16-30(21)28;/h7-19,27,29H,6H2,1-5H3;1H. The van der Waals surface area contributed by atoms with E-state index in [1.165, 1.54) is 0 Å². The molecule has 0 aliphatic carbocycles. The van der Waals surface area contributed by atoms with E-state index in [4.69, 9.17) is 14.2 Å². The van der Waals surface area contributed by atoms with Crippen molar-refractivity contribution in [1.82, 2.24) is 4.40 Å². The minimum Gasteiger partial charge on any atom is -0.493 e. The van der Waals surface area contributed by atoms with Crippen LogP contribution in [0.4, 0.5) is 5.69 Å². The zero-order valence-electron chi connectivity index (χ0n) is 21.6. The third-order valence-corrected chi connectivity index (χ3v) is 7.87. The van der Waals surface area contributed by atoms with Crippen molar-refractivity contribution in [3.05, 3.63) is 78.5 Å². The summed E-state index contributed by atoms with van der Waals surface area (Å²) in [6.45, 7) is 6.00. The Morgan fingerprint density at radius 3 is 2.24 bits per heavy atom. The number of hydrogen-bond acceptors (Lipinski definition) is 6. The normalized spacial score (nSPS) is 12.2. The average Bonchev–Trinajstić information content (AvgIpc) is 3.29. The Morgan fingerprint density at radius 1 is 0.919 bits per heavy atom. The van der Waals surface area contributed by atoms with Crippen LogP contribution in [0.3, 0.4) is 0 Å². The van der Waals surface area contributed by atoms with Gasteiger partial charge in [0.25, 0.3) is 0 Å². The molecular weight excluding hydrogens is 512 g/mol. The molecule has 0 spiro atoms. The second kappa shape index (κ2) is 11.8. The molecule has 0 saturated heterocycles. The Hall–Kier alpha value is -3.36. The fourth-order valence-corrected chi connectivity index (χ4v) is 5.87. The number of aromatic nitrogens is 1. The highest BCUT2D eigenvalue weighted by Gasteiger charge is 2.27. The van der Waals surface area contributed by atoms with Gasteiger partial charge in [-0.3, -0.25) is 0 Å². The molecular formula is C28H33ClN2O5S. The van der Waals surface area contributed by atoms with E-state index in [-0.39, 0.29) is 29.4 Å². The van der Waals surface area contributed by atoms with Gasteiger partial charge >= 0.3 is 0 Å². The predicted octanol–water partition coefficient (Wildman–Crippen LogP) is 6.56. The number of sulfone groups is 1. The summed E-state index contributed by atoms with van der Waals surface area (Å²) in [7, 11) is -0.564. The largest absolute Gasteiger partial charge is 0.493 e. The number of pyridine rings is 1. The highest BCUT2D eigenvalue weighted by molar-refractivity contribution is 7.91. The molecule has 4 rings (SSSR count). The molecule has 0 aliphatic rings. The number of fused-ring (bicyclic) bond motifs is 1. The summed E-state index contributed by atoms with van der Waals surface area (Å²) in [6, 6.07) is 19.7. The summed E-state index contributed by atoms with van der Waals surface area (Å²) in [4.78, 5) is 0.224. The number of rotatable bonds is 10. The number of nitrogens with one attached hydrogen (secondary N) is 1. The number of ether oxygens (including phenoxy) is 3. The van der Waals surface area contributed by atoms with Gasteiger partial charge in [-0.25, -0.2) is 8.42 Å². The Balaban J connectivity index is 0.00000380. The third kappa shape index (κ3) is 5.81. The van der Waals surface area contributed by atoms with Crippen molar-refractivity contribution < 1.29 is 22.6 Å². The van der Waals surface area contributed by atoms with E-state index in [1.807, 2.05) is 63.2 Å². The summed E-state index contributed by atoms with van der Waals surface area (Å²) < 4.78 is 45.9. The monoisotopic (exact) mass is 544 g/mol. The van der Waals surface area contributed by atoms with Gasteiger partial charge in [-0.1, -0.05) is 26.8 Å². The molecule has 198 valence electrons. The van der Waals surface area contributed by atoms with Gasteiger partial charge in [-0.2, -0.15) is 0 Å². The highest BCUT2D eigenvalue weighted by atomic mass is 35.5. The SMILES string of the molecule is CCC(Nc1ccc(OC)c(OC)c1)Oc1ccc(S(=O)(=O)c2c(C(C)C)cc3ccccn23)cc1.Cl. The summed E-state index contributed by atoms with van der Waals surface area (Å²) in [5.74, 6) is 1.89. The second-order valence-electron chi connectivity index (χ2n) is 8.76. The maximum absolute atomic E-state index is 13.7. The second-order valence-corrected chi connectivity index (χ2v) is 10.6. The number of methoxy groups -OCH3 is 2. The van der Waals surface area contributed by atoms with Crippen LogP contribution in [0.15, 0.2) is 82.8 Å². The van der Waals surface area contributed by atoms with Crippen LogP contribution in [-0.2, 0) is 9.84 Å². The van der Waals surface area contributed by atoms with Crippen molar-refractivity contribution in [1.29, 1.82) is 0 Å². The average molecular weight is 545 g/mol. The van der Waals surface area contributed by atoms with Crippen LogP contribution in [0.1, 0.15) is 38.7 Å². The zero-order chi connectivity index (χ0) is 25.9. The smallest absolute Gasteiger partial charge is 0.222 e. The first-order valence-corrected chi connectivity index (χ1v) is 13.4. The minimum atomic E-state index is -3.75. The topological polar surface area (TPSA) is 78.3 Å². The predicted molar refractivity (Wildman–Crippen MR) is 149 cm³/mol. The molecule has 2 heterocycles. The first-order valence-electron chi connectivity index (χ1n) is 11.9. The molecule has 37 heavy (non-hydrogen) atoms. The van der Waals surface area contributed by atoms with Gasteiger partial charge in [0.15, 0.2) is 17.7 Å². The van der Waals surface area contributed by atoms with Gasteiger partial charge in [0, 0.05) is 29.9 Å². The quantitative estimate of drug-likeness (QED) is 0.228. The van der Waals surface area contributed by atoms with E-state index < -0.39 is 9.84 Å². The molecule has 7 nitrogen and oxygen atoms in total. The van der Waals surface area contributed by atoms with Crippen molar-refractivity contribution in [2.75, 3.05) is 19.5 Å². The van der Waals surface area contributed by atoms with Crippen molar-refractivity contribution in [3.63, 3.8) is 0 Å². The number of hydrogen-bond donors (Lipinski definition) is 1. The zero-order valence-corrected chi connectivity index (χ0v) is 23.2. The fraction of sp³-hybridized carbons (Fsp3) is 0.286. The molecule has 9 heteroatoms. The van der Waals surface area contributed by atoms with Crippen molar-refractivity contribution in [3.8, 4) is 17.2 Å². The first kappa shape index (κ1) is 28.2. The van der Waals surface area contributed by atoms with Crippen LogP contribution in [0.25, 0.3) is 5.52 Å². The van der Waals surface area contributed by atoms with E-state index in [9.17, 15) is 8.42 Å². The van der Waals surface area contributed by atoms with Crippen molar-refractivity contribution >= 4 is 33.4 Å². The third-order valence-electron chi connectivity index (χ3n) is 6.03. The maximum atomic E-state index is 13.7.